The van der Waals surface area contributed by atoms with Crippen LogP contribution in [0.2, 0.25) is 0 Å². The quantitative estimate of drug-likeness (QED) is 0.187. The van der Waals surface area contributed by atoms with Gasteiger partial charge in [-0.15, -0.1) is 0 Å². The monoisotopic (exact) mass is 570 g/mol. The zero-order valence-corrected chi connectivity index (χ0v) is 23.9. The second-order valence-electron chi connectivity index (χ2n) is 10.8. The fourth-order valence-corrected chi connectivity index (χ4v) is 5.92. The molecule has 0 atom stereocenters. The van der Waals surface area contributed by atoms with E-state index in [0.29, 0.717) is 27.8 Å². The molecular weight excluding hydrogens is 542 g/mol. The van der Waals surface area contributed by atoms with E-state index in [1.165, 1.54) is 0 Å². The van der Waals surface area contributed by atoms with Crippen LogP contribution in [0.4, 0.5) is 8.78 Å². The summed E-state index contributed by atoms with van der Waals surface area (Å²) < 4.78 is 33.7. The van der Waals surface area contributed by atoms with Gasteiger partial charge in [-0.25, -0.2) is 8.78 Å². The molecule has 0 heterocycles. The number of halogens is 2. The molecule has 0 spiro atoms. The first-order valence-corrected chi connectivity index (χ1v) is 14.7. The van der Waals surface area contributed by atoms with Crippen molar-refractivity contribution in [2.24, 2.45) is 0 Å². The van der Waals surface area contributed by atoms with Crippen molar-refractivity contribution in [2.45, 2.75) is 0 Å². The third-order valence-electron chi connectivity index (χ3n) is 8.03. The summed E-state index contributed by atoms with van der Waals surface area (Å²) in [6.07, 6.45) is 0. The molecule has 0 nitrogen and oxygen atoms in total. The van der Waals surface area contributed by atoms with E-state index < -0.39 is 11.6 Å². The molecule has 0 amide bonds. The first-order valence-electron chi connectivity index (χ1n) is 14.7. The summed E-state index contributed by atoms with van der Waals surface area (Å²) in [4.78, 5) is 0. The number of rotatable bonds is 6. The average molecular weight is 571 g/mol. The van der Waals surface area contributed by atoms with Gasteiger partial charge in [0.25, 0.3) is 0 Å². The van der Waals surface area contributed by atoms with Crippen LogP contribution in [0.3, 0.4) is 0 Å². The lowest BCUT2D eigenvalue weighted by atomic mass is 9.82. The van der Waals surface area contributed by atoms with Gasteiger partial charge in [0.1, 0.15) is 11.6 Å². The van der Waals surface area contributed by atoms with Crippen molar-refractivity contribution in [3.63, 3.8) is 0 Å². The highest BCUT2D eigenvalue weighted by molar-refractivity contribution is 5.99. The van der Waals surface area contributed by atoms with E-state index in [1.807, 2.05) is 127 Å². The second-order valence-corrected chi connectivity index (χ2v) is 10.8. The molecule has 7 aromatic rings. The van der Waals surface area contributed by atoms with Gasteiger partial charge in [0.2, 0.25) is 0 Å². The van der Waals surface area contributed by atoms with Gasteiger partial charge in [-0.1, -0.05) is 152 Å². The minimum Gasteiger partial charge on any atom is -0.206 e. The Morgan fingerprint density at radius 2 is 0.591 bits per heavy atom. The maximum Gasteiger partial charge on any atom is 0.141 e. The summed E-state index contributed by atoms with van der Waals surface area (Å²) in [6, 6.07) is 54.6. The summed E-state index contributed by atoms with van der Waals surface area (Å²) in [5.41, 5.74) is 8.27. The van der Waals surface area contributed by atoms with Crippen LogP contribution in [0, 0.1) is 11.6 Å². The van der Waals surface area contributed by atoms with Gasteiger partial charge >= 0.3 is 0 Å². The molecule has 44 heavy (non-hydrogen) atoms. The Labute approximate surface area is 256 Å². The molecule has 0 radical (unpaired) electrons. The van der Waals surface area contributed by atoms with Gasteiger partial charge in [0.15, 0.2) is 0 Å². The molecule has 7 aromatic carbocycles. The van der Waals surface area contributed by atoms with Crippen LogP contribution < -0.4 is 0 Å². The fourth-order valence-electron chi connectivity index (χ4n) is 5.92. The predicted octanol–water partition coefficient (Wildman–Crippen LogP) is 12.0. The van der Waals surface area contributed by atoms with Gasteiger partial charge in [-0.2, -0.15) is 0 Å². The van der Waals surface area contributed by atoms with Crippen LogP contribution in [0.1, 0.15) is 0 Å². The standard InChI is InChI=1S/C42H28F2/c43-41-37(32-22-12-4-13-23-32)28-38(42(44)39(41)33-24-14-5-15-25-33)40-35(30-18-8-2-9-19-30)26-34(29-16-6-1-7-17-29)27-36(40)31-20-10-3-11-21-31/h1-28H. The van der Waals surface area contributed by atoms with E-state index >= 15 is 8.78 Å². The van der Waals surface area contributed by atoms with Crippen molar-refractivity contribution in [1.82, 2.24) is 0 Å². The third kappa shape index (κ3) is 5.12. The molecule has 0 saturated carbocycles. The van der Waals surface area contributed by atoms with Crippen LogP contribution in [0.25, 0.3) is 66.8 Å². The molecule has 0 N–H and O–H groups in total. The van der Waals surface area contributed by atoms with Gasteiger partial charge in [-0.3, -0.25) is 0 Å². The zero-order valence-electron chi connectivity index (χ0n) is 23.9. The van der Waals surface area contributed by atoms with E-state index in [4.69, 9.17) is 0 Å². The highest BCUT2D eigenvalue weighted by Gasteiger charge is 2.26. The smallest absolute Gasteiger partial charge is 0.141 e. The Morgan fingerprint density at radius 1 is 0.250 bits per heavy atom. The maximum atomic E-state index is 17.2. The molecule has 0 aromatic heterocycles. The van der Waals surface area contributed by atoms with Gasteiger partial charge in [0, 0.05) is 16.7 Å². The second kappa shape index (κ2) is 11.9. The lowest BCUT2D eigenvalue weighted by Gasteiger charge is -2.22. The van der Waals surface area contributed by atoms with E-state index in [2.05, 4.69) is 24.3 Å². The lowest BCUT2D eigenvalue weighted by molar-refractivity contribution is 0.594. The largest absolute Gasteiger partial charge is 0.206 e. The zero-order chi connectivity index (χ0) is 29.9. The Bertz CT molecular complexity index is 1970. The molecule has 0 aliphatic rings. The number of hydrogen-bond acceptors (Lipinski definition) is 0. The van der Waals surface area contributed by atoms with Gasteiger partial charge in [0.05, 0.1) is 5.56 Å². The Balaban J connectivity index is 1.64. The molecule has 0 aliphatic heterocycles. The van der Waals surface area contributed by atoms with Crippen LogP contribution in [0.15, 0.2) is 170 Å². The van der Waals surface area contributed by atoms with Crippen molar-refractivity contribution < 1.29 is 8.78 Å². The fraction of sp³-hybridized carbons (Fsp3) is 0. The van der Waals surface area contributed by atoms with Crippen molar-refractivity contribution in [3.05, 3.63) is 181 Å². The number of hydrogen-bond donors (Lipinski definition) is 0. The molecule has 7 rings (SSSR count). The third-order valence-corrected chi connectivity index (χ3v) is 8.03. The van der Waals surface area contributed by atoms with Crippen LogP contribution in [0.5, 0.6) is 0 Å². The Morgan fingerprint density at radius 3 is 1.02 bits per heavy atom. The van der Waals surface area contributed by atoms with Gasteiger partial charge in [-0.05, 0) is 62.7 Å². The van der Waals surface area contributed by atoms with Crippen molar-refractivity contribution >= 4 is 0 Å². The molecule has 0 aliphatic carbocycles. The maximum absolute atomic E-state index is 17.2. The first-order chi connectivity index (χ1) is 21.7. The number of benzene rings is 7. The summed E-state index contributed by atoms with van der Waals surface area (Å²) >= 11 is 0. The van der Waals surface area contributed by atoms with Crippen molar-refractivity contribution in [3.8, 4) is 66.8 Å². The predicted molar refractivity (Wildman–Crippen MR) is 179 cm³/mol. The summed E-state index contributed by atoms with van der Waals surface area (Å²) in [5, 5.41) is 0. The van der Waals surface area contributed by atoms with Crippen molar-refractivity contribution in [2.75, 3.05) is 0 Å². The van der Waals surface area contributed by atoms with Crippen LogP contribution in [-0.2, 0) is 0 Å². The van der Waals surface area contributed by atoms with Crippen LogP contribution >= 0.6 is 0 Å². The molecule has 0 saturated heterocycles. The van der Waals surface area contributed by atoms with Gasteiger partial charge < -0.3 is 0 Å². The Hall–Kier alpha value is -5.60. The molecule has 0 bridgehead atoms. The average Bonchev–Trinajstić information content (AvgIpc) is 3.10. The summed E-state index contributed by atoms with van der Waals surface area (Å²) in [5.74, 6) is -1.16. The molecule has 0 fully saturated rings. The van der Waals surface area contributed by atoms with Crippen molar-refractivity contribution in [1.29, 1.82) is 0 Å². The van der Waals surface area contributed by atoms with E-state index in [-0.39, 0.29) is 5.56 Å². The highest BCUT2D eigenvalue weighted by Crippen LogP contribution is 2.47. The minimum absolute atomic E-state index is 0.0351. The summed E-state index contributed by atoms with van der Waals surface area (Å²) in [7, 11) is 0. The minimum atomic E-state index is -0.588. The first kappa shape index (κ1) is 27.2. The van der Waals surface area contributed by atoms with E-state index in [0.717, 1.165) is 33.4 Å². The highest BCUT2D eigenvalue weighted by atomic mass is 19.1. The topological polar surface area (TPSA) is 0 Å². The molecule has 2 heteroatoms. The lowest BCUT2D eigenvalue weighted by Crippen LogP contribution is -2.01. The molecule has 0 unspecified atom stereocenters. The Kier molecular flexibility index (Phi) is 7.40. The van der Waals surface area contributed by atoms with E-state index in [9.17, 15) is 0 Å². The molecule has 210 valence electrons. The SMILES string of the molecule is Fc1c(-c2ccccc2)cc(-c2c(-c3ccccc3)cc(-c3ccccc3)cc2-c2ccccc2)c(F)c1-c1ccccc1. The summed E-state index contributed by atoms with van der Waals surface area (Å²) in [6.45, 7) is 0. The molecular formula is C42H28F2. The van der Waals surface area contributed by atoms with Crippen LogP contribution in [-0.4, -0.2) is 0 Å². The normalized spacial score (nSPS) is 11.0. The van der Waals surface area contributed by atoms with E-state index in [1.54, 1.807) is 18.2 Å².